The van der Waals surface area contributed by atoms with Crippen molar-refractivity contribution in [1.82, 2.24) is 39.5 Å². The van der Waals surface area contributed by atoms with E-state index in [9.17, 15) is 14.4 Å². The van der Waals surface area contributed by atoms with Crippen LogP contribution in [0.5, 0.6) is 0 Å². The van der Waals surface area contributed by atoms with Gasteiger partial charge in [0.15, 0.2) is 0 Å². The van der Waals surface area contributed by atoms with Crippen molar-refractivity contribution >= 4 is 47.5 Å². The average molecular weight is 959 g/mol. The van der Waals surface area contributed by atoms with Gasteiger partial charge in [-0.2, -0.15) is 0 Å². The van der Waals surface area contributed by atoms with Gasteiger partial charge in [0.2, 0.25) is 5.91 Å². The number of hydrogen-bond donors (Lipinski definition) is 4. The highest BCUT2D eigenvalue weighted by Gasteiger charge is 2.37. The third-order valence-electron chi connectivity index (χ3n) is 15.3. The molecule has 6 aliphatic rings. The minimum atomic E-state index is -0.0466. The van der Waals surface area contributed by atoms with E-state index in [1.54, 1.807) is 0 Å². The van der Waals surface area contributed by atoms with E-state index in [0.717, 1.165) is 119 Å². The van der Waals surface area contributed by atoms with Crippen LogP contribution in [0.3, 0.4) is 0 Å². The van der Waals surface area contributed by atoms with E-state index in [-0.39, 0.29) is 29.4 Å². The van der Waals surface area contributed by atoms with Crippen LogP contribution in [-0.4, -0.2) is 112 Å². The van der Waals surface area contributed by atoms with Crippen LogP contribution in [0.15, 0.2) is 117 Å². The molecule has 4 aliphatic heterocycles. The Labute approximate surface area is 421 Å². The van der Waals surface area contributed by atoms with Gasteiger partial charge in [-0.05, 0) is 97.9 Å². The first-order valence-electron chi connectivity index (χ1n) is 26.6. The second-order valence-electron chi connectivity index (χ2n) is 19.1. The molecule has 374 valence electrons. The van der Waals surface area contributed by atoms with Crippen LogP contribution < -0.4 is 22.0 Å². The van der Waals surface area contributed by atoms with Crippen molar-refractivity contribution in [3.63, 3.8) is 0 Å². The fourth-order valence-electron chi connectivity index (χ4n) is 12.0. The molecular formula is C57H75BN10O3. The Balaban J connectivity index is 0.000000173. The molecule has 2 aromatic heterocycles. The number of H-pyrrole nitrogens is 2. The summed E-state index contributed by atoms with van der Waals surface area (Å²) >= 11 is 0. The number of likely N-dealkylation sites (tertiary alicyclic amines) is 2. The van der Waals surface area contributed by atoms with E-state index < -0.39 is 0 Å². The SMILES string of the molecule is CC.CC.O=C(CN1CCC(n2c(=O)[nH]c3ccccc32)CC1)NC1=N[C@@H]2CCc3ccccc3[C@@H]2C1.O=c1[nH]c2ccccc2n1C1CCN(CCN=C2C[C@H]3c4ccccc4CC[C@H]3N2)CC1.[B]C. The number of imidazole rings is 2. The normalized spacial score (nSPS) is 22.3. The molecule has 3 fully saturated rings. The van der Waals surface area contributed by atoms with E-state index in [4.69, 9.17) is 9.98 Å². The summed E-state index contributed by atoms with van der Waals surface area (Å²) in [6.07, 6.45) is 10.1. The van der Waals surface area contributed by atoms with Crippen LogP contribution in [0.1, 0.15) is 125 Å². The first kappa shape index (κ1) is 51.4. The molecule has 71 heavy (non-hydrogen) atoms. The number of rotatable bonds is 7. The van der Waals surface area contributed by atoms with E-state index in [1.165, 1.54) is 47.8 Å². The highest BCUT2D eigenvalue weighted by atomic mass is 16.2. The number of carbonyl (C=O) groups is 1. The summed E-state index contributed by atoms with van der Waals surface area (Å²) in [5.41, 5.74) is 9.65. The van der Waals surface area contributed by atoms with Gasteiger partial charge in [0.1, 0.15) is 5.84 Å². The van der Waals surface area contributed by atoms with Crippen molar-refractivity contribution in [3.8, 4) is 0 Å². The Bertz CT molecular complexity index is 2880. The number of nitrogens with one attached hydrogen (secondary N) is 4. The van der Waals surface area contributed by atoms with E-state index in [0.29, 0.717) is 30.5 Å². The molecule has 14 heteroatoms. The Morgan fingerprint density at radius 2 is 1.15 bits per heavy atom. The largest absolute Gasteiger partial charge is 0.370 e. The van der Waals surface area contributed by atoms with Gasteiger partial charge in [-0.15, -0.1) is 0 Å². The Morgan fingerprint density at radius 3 is 1.75 bits per heavy atom. The summed E-state index contributed by atoms with van der Waals surface area (Å²) in [4.78, 5) is 58.2. The maximum atomic E-state index is 12.8. The van der Waals surface area contributed by atoms with Crippen LogP contribution in [0, 0.1) is 0 Å². The van der Waals surface area contributed by atoms with E-state index in [1.807, 2.05) is 85.4 Å². The van der Waals surface area contributed by atoms with Crippen molar-refractivity contribution in [2.24, 2.45) is 9.98 Å². The molecule has 6 heterocycles. The van der Waals surface area contributed by atoms with Crippen LogP contribution >= 0.6 is 0 Å². The summed E-state index contributed by atoms with van der Waals surface area (Å²) in [6, 6.07) is 34.7. The fourth-order valence-corrected chi connectivity index (χ4v) is 12.0. The van der Waals surface area contributed by atoms with Crippen molar-refractivity contribution in [2.75, 3.05) is 45.8 Å². The minimum Gasteiger partial charge on any atom is -0.370 e. The van der Waals surface area contributed by atoms with Gasteiger partial charge in [0.05, 0.1) is 54.9 Å². The molecule has 13 nitrogen and oxygen atoms in total. The standard InChI is InChI=1S/C26H29N5O2.C26H31N5O.2C2H6.CH3B/c32-25(29-24-15-20-19-6-2-1-5-17(19)9-10-21(20)27-24)16-30-13-11-18(12-14-30)31-23-8-4-3-7-22(23)28-26(31)33;32-26-29-23-7-3-4-8-24(23)31(26)19-11-14-30(15-12-19)16-13-27-25-17-21-20-6-2-1-5-18(20)9-10-22(21)28-25;3*1-2/h1-8,18,20-21H,9-16H2,(H,28,33)(H,27,29,32);1-8,19,21-22H,9-17H2,(H,27,28)(H,29,32);2*1-2H3;1H3/t20-,21+;21-,22+;;;/m00.../s1. The second-order valence-corrected chi connectivity index (χ2v) is 19.1. The van der Waals surface area contributed by atoms with Gasteiger partial charge in [-0.25, -0.2) is 9.59 Å². The van der Waals surface area contributed by atoms with Crippen LogP contribution in [0.2, 0.25) is 6.82 Å². The predicted molar refractivity (Wildman–Crippen MR) is 292 cm³/mol. The average Bonchev–Trinajstić information content (AvgIpc) is 4.21. The number of aromatic nitrogens is 4. The summed E-state index contributed by atoms with van der Waals surface area (Å²) < 4.78 is 3.86. The molecule has 2 radical (unpaired) electrons. The number of fused-ring (bicyclic) bond motifs is 8. The number of aryl methyl sites for hydroxylation is 2. The molecule has 0 spiro atoms. The number of aliphatic imine (C=N–C) groups is 2. The van der Waals surface area contributed by atoms with Crippen LogP contribution in [0.25, 0.3) is 22.1 Å². The Morgan fingerprint density at radius 1 is 0.648 bits per heavy atom. The predicted octanol–water partition coefficient (Wildman–Crippen LogP) is 8.70. The molecule has 0 unspecified atom stereocenters. The number of aromatic amines is 2. The monoisotopic (exact) mass is 959 g/mol. The lowest BCUT2D eigenvalue weighted by atomic mass is 9.79. The molecule has 6 aromatic rings. The van der Waals surface area contributed by atoms with Crippen molar-refractivity contribution in [2.45, 2.75) is 135 Å². The number of para-hydroxylation sites is 4. The molecule has 0 bridgehead atoms. The summed E-state index contributed by atoms with van der Waals surface area (Å²) in [5.74, 6) is 3.03. The highest BCUT2D eigenvalue weighted by Crippen LogP contribution is 2.40. The lowest BCUT2D eigenvalue weighted by Gasteiger charge is -2.32. The zero-order valence-electron chi connectivity index (χ0n) is 42.7. The molecule has 1 amide bonds. The minimum absolute atomic E-state index is 0.0170. The molecule has 2 aliphatic carbocycles. The molecule has 12 rings (SSSR count). The van der Waals surface area contributed by atoms with Crippen molar-refractivity contribution in [1.29, 1.82) is 0 Å². The summed E-state index contributed by atoms with van der Waals surface area (Å²) in [5, 5.41) is 6.80. The number of benzene rings is 4. The maximum absolute atomic E-state index is 12.8. The third-order valence-corrected chi connectivity index (χ3v) is 15.3. The number of piperidine rings is 2. The number of amides is 1. The first-order chi connectivity index (χ1) is 34.9. The van der Waals surface area contributed by atoms with Crippen molar-refractivity contribution < 1.29 is 4.79 Å². The Kier molecular flexibility index (Phi) is 17.7. The smallest absolute Gasteiger partial charge is 0.326 e. The zero-order valence-corrected chi connectivity index (χ0v) is 42.7. The van der Waals surface area contributed by atoms with Crippen LogP contribution in [0.4, 0.5) is 0 Å². The lowest BCUT2D eigenvalue weighted by molar-refractivity contribution is -0.121. The number of nitrogens with zero attached hydrogens (tertiary/aromatic N) is 6. The van der Waals surface area contributed by atoms with E-state index in [2.05, 4.69) is 86.8 Å². The zero-order chi connectivity index (χ0) is 49.9. The molecule has 3 saturated heterocycles. The molecule has 4 N–H and O–H groups in total. The second kappa shape index (κ2) is 24.4. The van der Waals surface area contributed by atoms with Gasteiger partial charge >= 0.3 is 11.4 Å². The third kappa shape index (κ3) is 11.5. The van der Waals surface area contributed by atoms with Gasteiger partial charge in [-0.1, -0.05) is 107 Å². The quantitative estimate of drug-likeness (QED) is 0.118. The molecule has 4 atom stereocenters. The topological polar surface area (TPSA) is 148 Å². The van der Waals surface area contributed by atoms with Crippen LogP contribution in [-0.2, 0) is 17.6 Å². The molecule has 0 saturated carbocycles. The fraction of sp³-hybridized carbons (Fsp3) is 0.491. The first-order valence-corrected chi connectivity index (χ1v) is 26.6. The van der Waals surface area contributed by atoms with Gasteiger partial charge in [0.25, 0.3) is 0 Å². The van der Waals surface area contributed by atoms with Gasteiger partial charge < -0.3 is 25.5 Å². The molecule has 4 aromatic carbocycles. The van der Waals surface area contributed by atoms with Gasteiger partial charge in [0, 0.05) is 75.5 Å². The highest BCUT2D eigenvalue weighted by molar-refractivity contribution is 6.05. The maximum Gasteiger partial charge on any atom is 0.326 e. The number of hydrogen-bond acceptors (Lipinski definition) is 7. The number of amidine groups is 2. The summed E-state index contributed by atoms with van der Waals surface area (Å²) in [6.45, 7) is 15.4. The number of carbonyl (C=O) groups excluding carboxylic acids is 1. The van der Waals surface area contributed by atoms with Gasteiger partial charge in [-0.3, -0.25) is 28.8 Å². The Hall–Kier alpha value is -5.99. The van der Waals surface area contributed by atoms with E-state index >= 15 is 0 Å². The molecular weight excluding hydrogens is 884 g/mol. The lowest BCUT2D eigenvalue weighted by Crippen LogP contribution is -2.44. The van der Waals surface area contributed by atoms with Crippen molar-refractivity contribution in [3.05, 3.63) is 140 Å². The summed E-state index contributed by atoms with van der Waals surface area (Å²) in [7, 11) is 4.50.